The molecule has 0 aliphatic carbocycles. The highest BCUT2D eigenvalue weighted by molar-refractivity contribution is 8.01. The van der Waals surface area contributed by atoms with E-state index in [4.69, 9.17) is 4.74 Å². The Labute approximate surface area is 174 Å². The van der Waals surface area contributed by atoms with Crippen LogP contribution < -0.4 is 15.6 Å². The minimum Gasteiger partial charge on any atom is -0.497 e. The van der Waals surface area contributed by atoms with Crippen LogP contribution in [0.25, 0.3) is 10.9 Å². The number of ether oxygens (including phenoxy) is 1. The van der Waals surface area contributed by atoms with Crippen LogP contribution in [0.1, 0.15) is 16.2 Å². The van der Waals surface area contributed by atoms with E-state index in [1.165, 1.54) is 23.1 Å². The number of H-pyrrole nitrogens is 1. The van der Waals surface area contributed by atoms with Crippen LogP contribution in [0.4, 0.5) is 0 Å². The minimum atomic E-state index is -0.451. The smallest absolute Gasteiger partial charge is 0.287 e. The summed E-state index contributed by atoms with van der Waals surface area (Å²) in [5.74, 6) is 0.235. The molecule has 29 heavy (non-hydrogen) atoms. The summed E-state index contributed by atoms with van der Waals surface area (Å²) >= 11 is 3.00. The summed E-state index contributed by atoms with van der Waals surface area (Å²) in [6.07, 6.45) is 1.73. The molecule has 2 aromatic carbocycles. The van der Waals surface area contributed by atoms with Crippen LogP contribution in [0, 0.1) is 0 Å². The van der Waals surface area contributed by atoms with Crippen LogP contribution in [-0.2, 0) is 6.54 Å². The molecule has 0 atom stereocenters. The third-order valence-corrected chi connectivity index (χ3v) is 5.97. The highest BCUT2D eigenvalue weighted by Crippen LogP contribution is 2.30. The quantitative estimate of drug-likeness (QED) is 0.492. The lowest BCUT2D eigenvalue weighted by atomic mass is 10.2. The molecule has 0 saturated carbocycles. The highest BCUT2D eigenvalue weighted by atomic mass is 32.2. The molecule has 2 aromatic heterocycles. The molecule has 2 heterocycles. The Bertz CT molecular complexity index is 1220. The minimum absolute atomic E-state index is 0.0225. The Morgan fingerprint density at radius 3 is 2.97 bits per heavy atom. The summed E-state index contributed by atoms with van der Waals surface area (Å²) in [4.78, 5) is 36.9. The van der Waals surface area contributed by atoms with Crippen molar-refractivity contribution in [3.8, 4) is 5.75 Å². The second kappa shape index (κ2) is 8.46. The summed E-state index contributed by atoms with van der Waals surface area (Å²) in [6, 6.07) is 12.7. The van der Waals surface area contributed by atoms with Crippen LogP contribution in [-0.4, -0.2) is 28.0 Å². The third-order valence-electron chi connectivity index (χ3n) is 4.09. The first-order chi connectivity index (χ1) is 14.1. The molecule has 0 aliphatic rings. The topological polar surface area (TPSA) is 97.0 Å². The summed E-state index contributed by atoms with van der Waals surface area (Å²) in [5, 5.41) is 5.09. The van der Waals surface area contributed by atoms with E-state index in [1.54, 1.807) is 25.4 Å². The zero-order chi connectivity index (χ0) is 20.2. The molecule has 4 aromatic rings. The van der Waals surface area contributed by atoms with Gasteiger partial charge >= 0.3 is 0 Å². The van der Waals surface area contributed by atoms with Crippen LogP contribution in [0.2, 0.25) is 0 Å². The lowest BCUT2D eigenvalue weighted by molar-refractivity contribution is 0.0940. The monoisotopic (exact) mass is 424 g/mol. The predicted molar refractivity (Wildman–Crippen MR) is 113 cm³/mol. The molecular formula is C20H16N4O3S2. The predicted octanol–water partition coefficient (Wildman–Crippen LogP) is 3.47. The fourth-order valence-corrected chi connectivity index (χ4v) is 4.33. The number of methoxy groups -OCH3 is 1. The Morgan fingerprint density at radius 1 is 1.28 bits per heavy atom. The normalized spacial score (nSPS) is 10.8. The van der Waals surface area contributed by atoms with Crippen molar-refractivity contribution in [1.29, 1.82) is 0 Å². The van der Waals surface area contributed by atoms with Crippen LogP contribution in [0.5, 0.6) is 5.75 Å². The fourth-order valence-electron chi connectivity index (χ4n) is 2.70. The van der Waals surface area contributed by atoms with E-state index < -0.39 is 5.91 Å². The average molecular weight is 425 g/mol. The molecule has 2 N–H and O–H groups in total. The number of hydrogen-bond acceptors (Lipinski definition) is 7. The number of nitrogens with one attached hydrogen (secondary N) is 2. The van der Waals surface area contributed by atoms with Gasteiger partial charge in [-0.3, -0.25) is 9.59 Å². The van der Waals surface area contributed by atoms with E-state index in [-0.39, 0.29) is 11.4 Å². The Balaban J connectivity index is 1.53. The number of carbonyl (C=O) groups excluding carboxylic acids is 1. The van der Waals surface area contributed by atoms with Crippen molar-refractivity contribution in [1.82, 2.24) is 20.3 Å². The van der Waals surface area contributed by atoms with Gasteiger partial charge in [-0.2, -0.15) is 0 Å². The maximum atomic E-state index is 12.5. The van der Waals surface area contributed by atoms with Gasteiger partial charge in [0.25, 0.3) is 11.5 Å². The average Bonchev–Trinajstić information content (AvgIpc) is 3.25. The van der Waals surface area contributed by atoms with Crippen molar-refractivity contribution >= 4 is 39.9 Å². The van der Waals surface area contributed by atoms with Gasteiger partial charge in [-0.05, 0) is 35.9 Å². The first-order valence-corrected chi connectivity index (χ1v) is 10.3. The second-order valence-electron chi connectivity index (χ2n) is 6.03. The zero-order valence-corrected chi connectivity index (χ0v) is 17.0. The van der Waals surface area contributed by atoms with Gasteiger partial charge in [-0.25, -0.2) is 9.97 Å². The van der Waals surface area contributed by atoms with Crippen LogP contribution in [0.3, 0.4) is 0 Å². The van der Waals surface area contributed by atoms with E-state index in [9.17, 15) is 9.59 Å². The molecule has 0 saturated heterocycles. The maximum Gasteiger partial charge on any atom is 0.287 e. The molecule has 146 valence electrons. The number of carbonyl (C=O) groups is 1. The van der Waals surface area contributed by atoms with E-state index in [2.05, 4.69) is 20.3 Å². The van der Waals surface area contributed by atoms with E-state index in [1.807, 2.05) is 35.7 Å². The lowest BCUT2D eigenvalue weighted by Crippen LogP contribution is -2.27. The van der Waals surface area contributed by atoms with Gasteiger partial charge in [0.2, 0.25) is 0 Å². The molecule has 1 amide bonds. The molecular weight excluding hydrogens is 408 g/mol. The Kier molecular flexibility index (Phi) is 5.59. The molecule has 0 unspecified atom stereocenters. The summed E-state index contributed by atoms with van der Waals surface area (Å²) in [5.41, 5.74) is 0.983. The maximum absolute atomic E-state index is 12.5. The standard InChI is InChI=1S/C20H16N4O3S2/c1-27-13-4-2-3-12(9-13)11-22-19(26)17-23-16-6-5-14(10-15(16)18(25)24-17)29-20-21-7-8-28-20/h2-10H,11H2,1H3,(H,22,26)(H,23,24,25). The van der Waals surface area contributed by atoms with Crippen LogP contribution >= 0.6 is 23.1 Å². The molecule has 4 rings (SSSR count). The highest BCUT2D eigenvalue weighted by Gasteiger charge is 2.12. The van der Waals surface area contributed by atoms with E-state index in [0.717, 1.165) is 14.8 Å². The number of benzene rings is 2. The first kappa shape index (κ1) is 19.2. The molecule has 9 heteroatoms. The summed E-state index contributed by atoms with van der Waals surface area (Å²) in [7, 11) is 1.59. The number of nitrogens with zero attached hydrogens (tertiary/aromatic N) is 2. The first-order valence-electron chi connectivity index (χ1n) is 8.65. The van der Waals surface area contributed by atoms with Crippen molar-refractivity contribution in [2.75, 3.05) is 7.11 Å². The SMILES string of the molecule is COc1cccc(CNC(=O)c2nc3ccc(Sc4nccs4)cc3c(=O)[nH]2)c1. The van der Waals surface area contributed by atoms with E-state index in [0.29, 0.717) is 23.2 Å². The molecule has 7 nitrogen and oxygen atoms in total. The van der Waals surface area contributed by atoms with E-state index >= 15 is 0 Å². The van der Waals surface area contributed by atoms with Gasteiger partial charge < -0.3 is 15.0 Å². The number of thiazole rings is 1. The van der Waals surface area contributed by atoms with Gasteiger partial charge in [0.05, 0.1) is 18.0 Å². The molecule has 0 fully saturated rings. The van der Waals surface area contributed by atoms with Gasteiger partial charge in [-0.1, -0.05) is 23.9 Å². The third kappa shape index (κ3) is 4.47. The van der Waals surface area contributed by atoms with Crippen LogP contribution in [0.15, 0.2) is 68.1 Å². The van der Waals surface area contributed by atoms with Gasteiger partial charge in [0.15, 0.2) is 10.2 Å². The number of hydrogen-bond donors (Lipinski definition) is 2. The molecule has 0 bridgehead atoms. The van der Waals surface area contributed by atoms with Crippen molar-refractivity contribution in [2.45, 2.75) is 15.8 Å². The molecule has 0 spiro atoms. The second-order valence-corrected chi connectivity index (χ2v) is 8.24. The number of aromatic amines is 1. The fraction of sp³-hybridized carbons (Fsp3) is 0.100. The number of amides is 1. The summed E-state index contributed by atoms with van der Waals surface area (Å²) in [6.45, 7) is 0.293. The number of aromatic nitrogens is 3. The molecule has 0 aliphatic heterocycles. The largest absolute Gasteiger partial charge is 0.497 e. The lowest BCUT2D eigenvalue weighted by Gasteiger charge is -2.07. The van der Waals surface area contributed by atoms with Gasteiger partial charge in [-0.15, -0.1) is 11.3 Å². The Morgan fingerprint density at radius 2 is 2.17 bits per heavy atom. The van der Waals surface area contributed by atoms with Crippen molar-refractivity contribution < 1.29 is 9.53 Å². The van der Waals surface area contributed by atoms with Gasteiger partial charge in [0, 0.05) is 23.0 Å². The van der Waals surface area contributed by atoms with Gasteiger partial charge in [0.1, 0.15) is 5.75 Å². The Hall–Kier alpha value is -3.17. The van der Waals surface area contributed by atoms with Crippen molar-refractivity contribution in [2.24, 2.45) is 0 Å². The van der Waals surface area contributed by atoms with Crippen molar-refractivity contribution in [3.63, 3.8) is 0 Å². The summed E-state index contributed by atoms with van der Waals surface area (Å²) < 4.78 is 6.07. The number of fused-ring (bicyclic) bond motifs is 1. The van der Waals surface area contributed by atoms with Crippen molar-refractivity contribution in [3.05, 3.63) is 75.8 Å². The molecule has 0 radical (unpaired) electrons. The number of rotatable bonds is 6. The zero-order valence-electron chi connectivity index (χ0n) is 15.3.